The zero-order valence-electron chi connectivity index (χ0n) is 25.7. The van der Waals surface area contributed by atoms with Crippen molar-refractivity contribution in [3.05, 3.63) is 129 Å². The van der Waals surface area contributed by atoms with Crippen molar-refractivity contribution in [3.8, 4) is 0 Å². The van der Waals surface area contributed by atoms with Crippen LogP contribution in [0.2, 0.25) is 10.0 Å². The smallest absolute Gasteiger partial charge is 0.264 e. The lowest BCUT2D eigenvalue weighted by atomic mass is 10.0. The van der Waals surface area contributed by atoms with E-state index in [2.05, 4.69) is 5.32 Å². The van der Waals surface area contributed by atoms with Crippen LogP contribution in [0.1, 0.15) is 36.1 Å². The van der Waals surface area contributed by atoms with Gasteiger partial charge in [-0.25, -0.2) is 8.42 Å². The minimum atomic E-state index is -4.18. The molecule has 4 rings (SSSR count). The number of nitrogens with one attached hydrogen (secondary N) is 1. The SMILES string of the molecule is Cc1ccc(N(CC(=O)N(Cc2ccc(Cl)c(Cl)c2)[C@@H](Cc2ccccc2)C(=O)NC(C)C)S(=O)(=O)c2ccccc2)c(C)c1. The lowest BCUT2D eigenvalue weighted by Crippen LogP contribution is -2.54. The first-order valence-electron chi connectivity index (χ1n) is 14.6. The quantitative estimate of drug-likeness (QED) is 0.177. The third-order valence-corrected chi connectivity index (χ3v) is 9.78. The van der Waals surface area contributed by atoms with E-state index in [-0.39, 0.29) is 29.8 Å². The Morgan fingerprint density at radius 1 is 0.800 bits per heavy atom. The van der Waals surface area contributed by atoms with E-state index in [9.17, 15) is 18.0 Å². The molecule has 236 valence electrons. The van der Waals surface area contributed by atoms with Crippen LogP contribution >= 0.6 is 23.2 Å². The number of sulfonamides is 1. The van der Waals surface area contributed by atoms with Crippen LogP contribution in [0.15, 0.2) is 102 Å². The second-order valence-electron chi connectivity index (χ2n) is 11.3. The highest BCUT2D eigenvalue weighted by molar-refractivity contribution is 7.92. The van der Waals surface area contributed by atoms with E-state index in [0.717, 1.165) is 15.4 Å². The van der Waals surface area contributed by atoms with Crippen molar-refractivity contribution in [1.29, 1.82) is 0 Å². The van der Waals surface area contributed by atoms with Gasteiger partial charge < -0.3 is 10.2 Å². The minimum absolute atomic E-state index is 0.00909. The molecule has 4 aromatic rings. The zero-order chi connectivity index (χ0) is 32.7. The first kappa shape index (κ1) is 34.0. The van der Waals surface area contributed by atoms with Gasteiger partial charge in [-0.2, -0.15) is 0 Å². The topological polar surface area (TPSA) is 86.8 Å². The van der Waals surface area contributed by atoms with Gasteiger partial charge >= 0.3 is 0 Å². The lowest BCUT2D eigenvalue weighted by molar-refractivity contribution is -0.140. The van der Waals surface area contributed by atoms with Crippen molar-refractivity contribution in [2.24, 2.45) is 0 Å². The second kappa shape index (κ2) is 15.0. The molecule has 1 atom stereocenters. The van der Waals surface area contributed by atoms with Gasteiger partial charge in [0.1, 0.15) is 12.6 Å². The molecule has 0 aliphatic heterocycles. The van der Waals surface area contributed by atoms with Gasteiger partial charge in [0.25, 0.3) is 10.0 Å². The summed E-state index contributed by atoms with van der Waals surface area (Å²) in [6, 6.07) is 26.6. The van der Waals surface area contributed by atoms with E-state index in [4.69, 9.17) is 23.2 Å². The Morgan fingerprint density at radius 3 is 2.04 bits per heavy atom. The average molecular weight is 667 g/mol. The Labute approximate surface area is 275 Å². The van der Waals surface area contributed by atoms with E-state index in [1.165, 1.54) is 17.0 Å². The Hall–Kier alpha value is -3.85. The van der Waals surface area contributed by atoms with Crippen LogP contribution in [0.4, 0.5) is 5.69 Å². The summed E-state index contributed by atoms with van der Waals surface area (Å²) in [7, 11) is -4.18. The van der Waals surface area contributed by atoms with Crippen molar-refractivity contribution in [2.45, 2.75) is 57.6 Å². The number of benzene rings is 4. The van der Waals surface area contributed by atoms with Crippen LogP contribution < -0.4 is 9.62 Å². The summed E-state index contributed by atoms with van der Waals surface area (Å²) < 4.78 is 29.4. The number of carbonyl (C=O) groups is 2. The maximum Gasteiger partial charge on any atom is 0.264 e. The standard InChI is InChI=1S/C35H37Cl2N3O4S/c1-24(2)38-35(42)33(21-27-11-7-5-8-12-27)39(22-28-16-17-30(36)31(37)20-28)34(41)23-40(32-18-15-25(3)19-26(32)4)45(43,44)29-13-9-6-10-14-29/h5-20,24,33H,21-23H2,1-4H3,(H,38,42)/t33-/m0/s1. The Morgan fingerprint density at radius 2 is 1.44 bits per heavy atom. The summed E-state index contributed by atoms with van der Waals surface area (Å²) in [5.41, 5.74) is 3.50. The average Bonchev–Trinajstić information content (AvgIpc) is 3.00. The van der Waals surface area contributed by atoms with Gasteiger partial charge in [-0.3, -0.25) is 13.9 Å². The van der Waals surface area contributed by atoms with Crippen molar-refractivity contribution >= 4 is 50.7 Å². The molecule has 0 fully saturated rings. The van der Waals surface area contributed by atoms with Crippen LogP contribution in [0, 0.1) is 13.8 Å². The van der Waals surface area contributed by atoms with Crippen LogP contribution in [-0.4, -0.2) is 43.8 Å². The molecular formula is C35H37Cl2N3O4S. The molecule has 0 unspecified atom stereocenters. The molecule has 2 amide bonds. The maximum atomic E-state index is 14.5. The van der Waals surface area contributed by atoms with E-state index >= 15 is 0 Å². The number of carbonyl (C=O) groups excluding carboxylic acids is 2. The van der Waals surface area contributed by atoms with E-state index in [0.29, 0.717) is 26.9 Å². The van der Waals surface area contributed by atoms with Gasteiger partial charge in [-0.15, -0.1) is 0 Å². The molecular weight excluding hydrogens is 629 g/mol. The number of hydrogen-bond acceptors (Lipinski definition) is 4. The fourth-order valence-electron chi connectivity index (χ4n) is 5.09. The predicted octanol–water partition coefficient (Wildman–Crippen LogP) is 6.97. The molecule has 0 saturated carbocycles. The highest BCUT2D eigenvalue weighted by Gasteiger charge is 2.35. The Kier molecular flexibility index (Phi) is 11.3. The third-order valence-electron chi connectivity index (χ3n) is 7.27. The Balaban J connectivity index is 1.84. The van der Waals surface area contributed by atoms with Crippen LogP contribution in [0.25, 0.3) is 0 Å². The maximum absolute atomic E-state index is 14.5. The van der Waals surface area contributed by atoms with E-state index in [1.54, 1.807) is 42.5 Å². The molecule has 45 heavy (non-hydrogen) atoms. The predicted molar refractivity (Wildman–Crippen MR) is 181 cm³/mol. The minimum Gasteiger partial charge on any atom is -0.352 e. The van der Waals surface area contributed by atoms with Crippen molar-refractivity contribution in [3.63, 3.8) is 0 Å². The van der Waals surface area contributed by atoms with Gasteiger partial charge in [0.2, 0.25) is 11.8 Å². The molecule has 0 radical (unpaired) electrons. The zero-order valence-corrected chi connectivity index (χ0v) is 28.0. The number of nitrogens with zero attached hydrogens (tertiary/aromatic N) is 2. The largest absolute Gasteiger partial charge is 0.352 e. The van der Waals surface area contributed by atoms with Gasteiger partial charge in [0.05, 0.1) is 20.6 Å². The molecule has 7 nitrogen and oxygen atoms in total. The number of anilines is 1. The molecule has 10 heteroatoms. The summed E-state index contributed by atoms with van der Waals surface area (Å²) in [4.78, 5) is 29.8. The summed E-state index contributed by atoms with van der Waals surface area (Å²) in [6.45, 7) is 6.86. The van der Waals surface area contributed by atoms with E-state index < -0.39 is 28.5 Å². The van der Waals surface area contributed by atoms with Gasteiger partial charge in [0.15, 0.2) is 0 Å². The Bertz CT molecular complexity index is 1750. The number of amides is 2. The number of halogens is 2. The van der Waals surface area contributed by atoms with Crippen molar-refractivity contribution < 1.29 is 18.0 Å². The monoisotopic (exact) mass is 665 g/mol. The molecule has 0 spiro atoms. The van der Waals surface area contributed by atoms with Gasteiger partial charge in [-0.05, 0) is 74.7 Å². The molecule has 0 bridgehead atoms. The molecule has 0 heterocycles. The van der Waals surface area contributed by atoms with Crippen LogP contribution in [-0.2, 0) is 32.6 Å². The highest BCUT2D eigenvalue weighted by Crippen LogP contribution is 2.29. The number of hydrogen-bond donors (Lipinski definition) is 1. The second-order valence-corrected chi connectivity index (χ2v) is 13.9. The van der Waals surface area contributed by atoms with Crippen LogP contribution in [0.3, 0.4) is 0 Å². The molecule has 0 aliphatic rings. The van der Waals surface area contributed by atoms with E-state index in [1.807, 2.05) is 70.2 Å². The third kappa shape index (κ3) is 8.66. The van der Waals surface area contributed by atoms with Crippen LogP contribution in [0.5, 0.6) is 0 Å². The molecule has 4 aromatic carbocycles. The molecule has 1 N–H and O–H groups in total. The first-order valence-corrected chi connectivity index (χ1v) is 16.8. The fraction of sp³-hybridized carbons (Fsp3) is 0.257. The molecule has 0 saturated heterocycles. The summed E-state index contributed by atoms with van der Waals surface area (Å²) in [5, 5.41) is 3.60. The molecule has 0 aliphatic carbocycles. The summed E-state index contributed by atoms with van der Waals surface area (Å²) >= 11 is 12.5. The number of rotatable bonds is 12. The summed E-state index contributed by atoms with van der Waals surface area (Å²) in [5.74, 6) is -0.911. The number of aryl methyl sites for hydroxylation is 2. The first-order chi connectivity index (χ1) is 21.4. The van der Waals surface area contributed by atoms with Gasteiger partial charge in [0, 0.05) is 19.0 Å². The normalized spacial score (nSPS) is 12.1. The van der Waals surface area contributed by atoms with Crippen molar-refractivity contribution in [2.75, 3.05) is 10.8 Å². The van der Waals surface area contributed by atoms with Crippen molar-refractivity contribution in [1.82, 2.24) is 10.2 Å². The fourth-order valence-corrected chi connectivity index (χ4v) is 6.91. The highest BCUT2D eigenvalue weighted by atomic mass is 35.5. The molecule has 0 aromatic heterocycles. The van der Waals surface area contributed by atoms with Gasteiger partial charge in [-0.1, -0.05) is 95.5 Å². The lowest BCUT2D eigenvalue weighted by Gasteiger charge is -2.34. The summed E-state index contributed by atoms with van der Waals surface area (Å²) in [6.07, 6.45) is 0.210.